The average molecular weight is 1090 g/mol. The zero-order valence-electron chi connectivity index (χ0n) is 40.7. The van der Waals surface area contributed by atoms with Crippen LogP contribution in [0.25, 0.3) is 0 Å². The van der Waals surface area contributed by atoms with E-state index in [9.17, 15) is 9.59 Å². The van der Waals surface area contributed by atoms with Crippen LogP contribution in [0.1, 0.15) is 104 Å². The van der Waals surface area contributed by atoms with Crippen molar-refractivity contribution in [1.82, 2.24) is 14.8 Å². The predicted octanol–water partition coefficient (Wildman–Crippen LogP) is 12.0. The molecule has 0 bridgehead atoms. The van der Waals surface area contributed by atoms with Gasteiger partial charge in [0.1, 0.15) is 35.4 Å². The third-order valence-corrected chi connectivity index (χ3v) is 13.8. The number of nitrogens with zero attached hydrogens (tertiary/aromatic N) is 4. The Morgan fingerprint density at radius 3 is 1.77 bits per heavy atom. The molecule has 0 saturated carbocycles. The van der Waals surface area contributed by atoms with Crippen LogP contribution in [0.3, 0.4) is 0 Å². The standard InChI is InChI=1S/C25H30N4O2S.C17H26N4OS2.C10H11BrO.CH4.H3P/c1-3-18-7-6-8-19(15-18)22(30)23-24(26)28-25(32-23)27-20-9-11-21(12-10-20)31-16-17(2)29-13-4-5-14-29;1-3-24-16(18)20-17(23)19-14-6-8-15(9-7-14)22-12-13(2)21-10-4-5-11-21;1-2-8-4-3-5-9(6-8)10(12)7-11;;/h6-12,15,17H,3-5,13-14,16,26H2,1-2H3,(H,27,28);6-9,13H,3-5,10-12H2,1-2H3,(H3,18,19,20,23);3-6H,2,7H2,1H3;1H4;1H3/t17-;13-;;;/m11.../s1. The minimum atomic E-state index is -0.0979. The molecule has 6 N–H and O–H groups in total. The van der Waals surface area contributed by atoms with E-state index < -0.39 is 0 Å². The molecule has 1 aromatic heterocycles. The Kier molecular flexibility index (Phi) is 27.2. The molecule has 5 aromatic rings. The molecule has 2 aliphatic heterocycles. The van der Waals surface area contributed by atoms with Crippen molar-refractivity contribution in [1.29, 1.82) is 0 Å². The van der Waals surface area contributed by atoms with E-state index in [2.05, 4.69) is 74.0 Å². The Bertz CT molecular complexity index is 2390. The summed E-state index contributed by atoms with van der Waals surface area (Å²) in [4.78, 5) is 38.0. The van der Waals surface area contributed by atoms with Crippen LogP contribution < -0.4 is 31.6 Å². The Morgan fingerprint density at radius 2 is 1.29 bits per heavy atom. The lowest BCUT2D eigenvalue weighted by Crippen LogP contribution is -2.34. The lowest BCUT2D eigenvalue weighted by molar-refractivity contribution is 0.102. The summed E-state index contributed by atoms with van der Waals surface area (Å²) in [6, 6.07) is 31.8. The molecule has 2 saturated heterocycles. The Hall–Kier alpha value is -4.41. The number of nitrogen functional groups attached to an aromatic ring is 1. The molecule has 2 fully saturated rings. The maximum absolute atomic E-state index is 12.9. The van der Waals surface area contributed by atoms with Crippen LogP contribution in [0.2, 0.25) is 0 Å². The monoisotopic (exact) mass is 1090 g/mol. The van der Waals surface area contributed by atoms with Crippen LogP contribution in [-0.2, 0) is 12.8 Å². The number of alkyl halides is 1. The molecule has 4 aromatic carbocycles. The molecular formula is C53H74BrN8O4PS3. The third kappa shape index (κ3) is 19.7. The van der Waals surface area contributed by atoms with Gasteiger partial charge in [-0.2, -0.15) is 14.9 Å². The number of likely N-dealkylation sites (tertiary alicyclic amines) is 2. The van der Waals surface area contributed by atoms with E-state index in [0.29, 0.717) is 56.5 Å². The first-order valence-electron chi connectivity index (χ1n) is 23.5. The molecule has 70 heavy (non-hydrogen) atoms. The number of rotatable bonds is 18. The Morgan fingerprint density at radius 1 is 0.800 bits per heavy atom. The van der Waals surface area contributed by atoms with E-state index in [0.717, 1.165) is 52.6 Å². The number of ketones is 2. The molecule has 0 aliphatic carbocycles. The predicted molar refractivity (Wildman–Crippen MR) is 311 cm³/mol. The fourth-order valence-electron chi connectivity index (χ4n) is 7.49. The summed E-state index contributed by atoms with van der Waals surface area (Å²) in [6.45, 7) is 16.7. The number of anilines is 4. The minimum Gasteiger partial charge on any atom is -0.492 e. The molecule has 12 nitrogen and oxygen atoms in total. The second kappa shape index (κ2) is 31.8. The maximum atomic E-state index is 12.9. The van der Waals surface area contributed by atoms with Crippen molar-refractivity contribution in [2.45, 2.75) is 92.7 Å². The molecule has 0 radical (unpaired) electrons. The maximum Gasteiger partial charge on any atom is 0.206 e. The Balaban J connectivity index is 0.000000301. The van der Waals surface area contributed by atoms with Gasteiger partial charge in [0.15, 0.2) is 21.2 Å². The molecule has 3 atom stereocenters. The summed E-state index contributed by atoms with van der Waals surface area (Å²) in [5, 5.41) is 8.13. The van der Waals surface area contributed by atoms with Crippen molar-refractivity contribution in [3.63, 3.8) is 0 Å². The summed E-state index contributed by atoms with van der Waals surface area (Å²) < 4.78 is 11.8. The number of carbonyl (C=O) groups excluding carboxylic acids is 2. The molecule has 2 aliphatic rings. The number of aryl methyl sites for hydroxylation is 2. The van der Waals surface area contributed by atoms with Gasteiger partial charge in [0.2, 0.25) is 5.78 Å². The minimum absolute atomic E-state index is 0. The van der Waals surface area contributed by atoms with Crippen molar-refractivity contribution in [2.24, 2.45) is 10.7 Å². The second-order valence-electron chi connectivity index (χ2n) is 16.5. The number of thiocarbonyl (C=S) groups is 1. The number of hydrogen-bond acceptors (Lipinski definition) is 12. The fraction of sp³-hybridized carbons (Fsp3) is 0.415. The summed E-state index contributed by atoms with van der Waals surface area (Å²) in [7, 11) is 0. The summed E-state index contributed by atoms with van der Waals surface area (Å²) in [5.74, 6) is 2.87. The van der Waals surface area contributed by atoms with Gasteiger partial charge in [-0.3, -0.25) is 19.4 Å². The van der Waals surface area contributed by atoms with Gasteiger partial charge in [-0.25, -0.2) is 4.98 Å². The van der Waals surface area contributed by atoms with E-state index in [1.165, 1.54) is 80.5 Å². The lowest BCUT2D eigenvalue weighted by Gasteiger charge is -2.23. The van der Waals surface area contributed by atoms with E-state index in [1.807, 2.05) is 104 Å². The number of benzene rings is 4. The van der Waals surface area contributed by atoms with Gasteiger partial charge in [0.05, 0.1) is 5.33 Å². The first-order chi connectivity index (χ1) is 32.9. The first kappa shape index (κ1) is 59.9. The molecular weight excluding hydrogens is 1020 g/mol. The molecule has 3 heterocycles. The quantitative estimate of drug-likeness (QED) is 0.0164. The molecule has 0 spiro atoms. The van der Waals surface area contributed by atoms with Gasteiger partial charge < -0.3 is 31.6 Å². The number of aliphatic imine (C=N–C) groups is 1. The lowest BCUT2D eigenvalue weighted by atomic mass is 10.1. The van der Waals surface area contributed by atoms with Crippen LogP contribution in [0.15, 0.2) is 102 Å². The van der Waals surface area contributed by atoms with Crippen molar-refractivity contribution in [3.8, 4) is 11.5 Å². The summed E-state index contributed by atoms with van der Waals surface area (Å²) in [5.41, 5.74) is 17.3. The number of amidine groups is 1. The molecule has 17 heteroatoms. The Labute approximate surface area is 442 Å². The van der Waals surface area contributed by atoms with E-state index in [1.54, 1.807) is 0 Å². The van der Waals surface area contributed by atoms with Crippen LogP contribution in [0, 0.1) is 0 Å². The number of aromatic nitrogens is 1. The van der Waals surface area contributed by atoms with Crippen molar-refractivity contribution in [3.05, 3.63) is 124 Å². The highest BCUT2D eigenvalue weighted by Gasteiger charge is 2.21. The van der Waals surface area contributed by atoms with Crippen molar-refractivity contribution < 1.29 is 19.1 Å². The smallest absolute Gasteiger partial charge is 0.206 e. The molecule has 7 rings (SSSR count). The zero-order chi connectivity index (χ0) is 48.8. The van der Waals surface area contributed by atoms with E-state index >= 15 is 0 Å². The van der Waals surface area contributed by atoms with Crippen LogP contribution in [0.5, 0.6) is 11.5 Å². The highest BCUT2D eigenvalue weighted by atomic mass is 79.9. The van der Waals surface area contributed by atoms with Gasteiger partial charge in [-0.15, -0.1) is 0 Å². The number of thioether (sulfide) groups is 1. The van der Waals surface area contributed by atoms with Crippen LogP contribution >= 0.6 is 61.1 Å². The van der Waals surface area contributed by atoms with Gasteiger partial charge >= 0.3 is 0 Å². The normalized spacial score (nSPS) is 14.3. The summed E-state index contributed by atoms with van der Waals surface area (Å²) in [6.07, 6.45) is 7.02. The fourth-order valence-corrected chi connectivity index (χ4v) is 9.40. The number of carbonyl (C=O) groups is 2. The number of Topliss-reactive ketones (excluding diaryl/α,β-unsaturated/α-hetero) is 1. The summed E-state index contributed by atoms with van der Waals surface area (Å²) >= 11 is 11.1. The number of thiazole rings is 1. The highest BCUT2D eigenvalue weighted by molar-refractivity contribution is 9.09. The van der Waals surface area contributed by atoms with Crippen LogP contribution in [-0.4, -0.2) is 99.2 Å². The van der Waals surface area contributed by atoms with Gasteiger partial charge in [0.25, 0.3) is 0 Å². The number of ether oxygens (including phenoxy) is 2. The highest BCUT2D eigenvalue weighted by Crippen LogP contribution is 2.31. The van der Waals surface area contributed by atoms with Gasteiger partial charge in [-0.05, 0) is 168 Å². The van der Waals surface area contributed by atoms with Crippen molar-refractivity contribution >= 4 is 105 Å². The SMILES string of the molecule is C.CCSC(N)=NC(=S)Nc1ccc(OC[C@@H](C)N2CCCC2)cc1.CCc1cccc(C(=O)CBr)c1.CCc1cccc(C(=O)c2sc(Nc3ccc(OC[C@@H](C)N4CCCC4)cc3)nc2N)c1.P. The molecule has 0 amide bonds. The molecule has 380 valence electrons. The number of nitrogens with two attached hydrogens (primary N) is 2. The number of hydrogen-bond donors (Lipinski definition) is 4. The third-order valence-electron chi connectivity index (χ3n) is 11.5. The topological polar surface area (TPSA) is 160 Å². The molecule has 1 unspecified atom stereocenters. The van der Waals surface area contributed by atoms with Gasteiger partial charge in [-0.1, -0.05) is 104 Å². The number of halogens is 1. The zero-order valence-corrected chi connectivity index (χ0v) is 46.1. The number of nitrogens with one attached hydrogen (secondary N) is 2. The van der Waals surface area contributed by atoms with Crippen LogP contribution in [0.4, 0.5) is 22.3 Å². The average Bonchev–Trinajstić information content (AvgIpc) is 4.18. The largest absolute Gasteiger partial charge is 0.492 e. The van der Waals surface area contributed by atoms with E-state index in [-0.39, 0.29) is 34.7 Å². The van der Waals surface area contributed by atoms with E-state index in [4.69, 9.17) is 33.2 Å². The van der Waals surface area contributed by atoms with Crippen molar-refractivity contribution in [2.75, 3.05) is 66.8 Å². The first-order valence-corrected chi connectivity index (χ1v) is 26.8. The second-order valence-corrected chi connectivity index (χ2v) is 19.8. The van der Waals surface area contributed by atoms with Gasteiger partial charge in [0, 0.05) is 34.6 Å².